The number of aliphatic carboxylic acids is 1. The van der Waals surface area contributed by atoms with Gasteiger partial charge in [0.1, 0.15) is 5.69 Å². The van der Waals surface area contributed by atoms with Gasteiger partial charge < -0.3 is 10.8 Å². The van der Waals surface area contributed by atoms with E-state index < -0.39 is 12.1 Å². The van der Waals surface area contributed by atoms with Crippen LogP contribution in [-0.2, 0) is 4.79 Å². The number of ketones is 1. The SMILES string of the molecule is NCC1CCC(CC(=O)c2ccc3cc(Cl)ccc3n2)CC1.O=C(O)C(F)(F)F. The molecule has 0 radical (unpaired) electrons. The van der Waals surface area contributed by atoms with E-state index in [0.717, 1.165) is 43.1 Å². The lowest BCUT2D eigenvalue weighted by atomic mass is 9.79. The maximum Gasteiger partial charge on any atom is 0.490 e. The summed E-state index contributed by atoms with van der Waals surface area (Å²) in [6, 6.07) is 9.27. The van der Waals surface area contributed by atoms with Crippen LogP contribution in [0.2, 0.25) is 5.02 Å². The summed E-state index contributed by atoms with van der Waals surface area (Å²) in [5.41, 5.74) is 7.11. The Morgan fingerprint density at radius 1 is 1.10 bits per heavy atom. The van der Waals surface area contributed by atoms with Crippen LogP contribution in [0.4, 0.5) is 13.2 Å². The molecule has 2 aromatic rings. The number of nitrogens with zero attached hydrogens (tertiary/aromatic N) is 1. The minimum Gasteiger partial charge on any atom is -0.475 e. The number of hydrogen-bond acceptors (Lipinski definition) is 4. The summed E-state index contributed by atoms with van der Waals surface area (Å²) in [6.07, 6.45) is 0.0349. The summed E-state index contributed by atoms with van der Waals surface area (Å²) in [7, 11) is 0. The molecule has 158 valence electrons. The summed E-state index contributed by atoms with van der Waals surface area (Å²) in [6.45, 7) is 0.773. The van der Waals surface area contributed by atoms with E-state index in [1.165, 1.54) is 0 Å². The second kappa shape index (κ2) is 10.0. The minimum atomic E-state index is -5.08. The van der Waals surface area contributed by atoms with Crippen LogP contribution >= 0.6 is 11.6 Å². The van der Waals surface area contributed by atoms with E-state index in [1.807, 2.05) is 24.3 Å². The first-order chi connectivity index (χ1) is 13.6. The number of aromatic nitrogens is 1. The molecule has 0 atom stereocenters. The molecule has 9 heteroatoms. The van der Waals surface area contributed by atoms with Crippen molar-refractivity contribution in [1.82, 2.24) is 4.98 Å². The molecule has 1 aromatic carbocycles. The highest BCUT2D eigenvalue weighted by atomic mass is 35.5. The Morgan fingerprint density at radius 2 is 1.69 bits per heavy atom. The number of carboxylic acid groups (broad SMARTS) is 1. The summed E-state index contributed by atoms with van der Waals surface area (Å²) in [5.74, 6) is -1.48. The first-order valence-electron chi connectivity index (χ1n) is 9.20. The number of pyridine rings is 1. The lowest BCUT2D eigenvalue weighted by molar-refractivity contribution is -0.192. The molecule has 1 aliphatic carbocycles. The molecule has 1 saturated carbocycles. The van der Waals surface area contributed by atoms with Gasteiger partial charge in [0.25, 0.3) is 0 Å². The van der Waals surface area contributed by atoms with Crippen molar-refractivity contribution < 1.29 is 27.9 Å². The largest absolute Gasteiger partial charge is 0.490 e. The Hall–Kier alpha value is -2.19. The topological polar surface area (TPSA) is 93.3 Å². The molecule has 0 bridgehead atoms. The maximum atomic E-state index is 12.5. The number of carboxylic acids is 1. The fourth-order valence-electron chi connectivity index (χ4n) is 3.29. The highest BCUT2D eigenvalue weighted by Crippen LogP contribution is 2.31. The number of carbonyl (C=O) groups excluding carboxylic acids is 1. The second-order valence-electron chi connectivity index (χ2n) is 7.09. The summed E-state index contributed by atoms with van der Waals surface area (Å²) in [5, 5.41) is 8.78. The number of halogens is 4. The van der Waals surface area contributed by atoms with E-state index in [4.69, 9.17) is 27.2 Å². The fourth-order valence-corrected chi connectivity index (χ4v) is 3.47. The fraction of sp³-hybridized carbons (Fsp3) is 0.450. The van der Waals surface area contributed by atoms with Gasteiger partial charge in [-0.05, 0) is 68.3 Å². The van der Waals surface area contributed by atoms with E-state index in [9.17, 15) is 18.0 Å². The van der Waals surface area contributed by atoms with Crippen LogP contribution in [0.1, 0.15) is 42.6 Å². The van der Waals surface area contributed by atoms with Crippen molar-refractivity contribution in [2.24, 2.45) is 17.6 Å². The van der Waals surface area contributed by atoms with E-state index >= 15 is 0 Å². The molecular weight excluding hydrogens is 409 g/mol. The van der Waals surface area contributed by atoms with Gasteiger partial charge >= 0.3 is 12.1 Å². The molecule has 0 saturated heterocycles. The second-order valence-corrected chi connectivity index (χ2v) is 7.52. The van der Waals surface area contributed by atoms with Crippen LogP contribution in [-0.4, -0.2) is 34.6 Å². The van der Waals surface area contributed by atoms with Crippen molar-refractivity contribution in [2.75, 3.05) is 6.54 Å². The quantitative estimate of drug-likeness (QED) is 0.675. The highest BCUT2D eigenvalue weighted by Gasteiger charge is 2.38. The molecule has 0 amide bonds. The first-order valence-corrected chi connectivity index (χ1v) is 9.57. The molecule has 29 heavy (non-hydrogen) atoms. The maximum absolute atomic E-state index is 12.5. The van der Waals surface area contributed by atoms with E-state index in [0.29, 0.717) is 29.0 Å². The molecule has 1 aliphatic rings. The van der Waals surface area contributed by atoms with Gasteiger partial charge in [-0.15, -0.1) is 0 Å². The van der Waals surface area contributed by atoms with E-state index in [-0.39, 0.29) is 5.78 Å². The molecule has 1 heterocycles. The predicted octanol–water partition coefficient (Wildman–Crippen LogP) is 4.86. The van der Waals surface area contributed by atoms with Gasteiger partial charge in [0, 0.05) is 16.8 Å². The van der Waals surface area contributed by atoms with Crippen molar-refractivity contribution in [3.8, 4) is 0 Å². The minimum absolute atomic E-state index is 0.146. The Bertz CT molecular complexity index is 866. The molecule has 1 fully saturated rings. The Morgan fingerprint density at radius 3 is 2.24 bits per heavy atom. The summed E-state index contributed by atoms with van der Waals surface area (Å²) < 4.78 is 31.7. The monoisotopic (exact) mass is 430 g/mol. The average Bonchev–Trinajstić information content (AvgIpc) is 2.67. The summed E-state index contributed by atoms with van der Waals surface area (Å²) >= 11 is 5.97. The zero-order valence-electron chi connectivity index (χ0n) is 15.6. The van der Waals surface area contributed by atoms with Gasteiger partial charge in [0.05, 0.1) is 5.52 Å². The van der Waals surface area contributed by atoms with Gasteiger partial charge in [0.15, 0.2) is 5.78 Å². The van der Waals surface area contributed by atoms with Crippen molar-refractivity contribution in [2.45, 2.75) is 38.3 Å². The Labute approximate surface area is 171 Å². The Balaban J connectivity index is 0.000000370. The number of rotatable bonds is 4. The van der Waals surface area contributed by atoms with Crippen LogP contribution in [0.15, 0.2) is 30.3 Å². The van der Waals surface area contributed by atoms with Crippen molar-refractivity contribution in [3.05, 3.63) is 41.0 Å². The Kier molecular flexibility index (Phi) is 7.98. The molecule has 3 N–H and O–H groups in total. The van der Waals surface area contributed by atoms with Crippen molar-refractivity contribution in [3.63, 3.8) is 0 Å². The highest BCUT2D eigenvalue weighted by molar-refractivity contribution is 6.31. The lowest BCUT2D eigenvalue weighted by Gasteiger charge is -2.27. The molecule has 0 spiro atoms. The normalized spacial score (nSPS) is 19.3. The zero-order chi connectivity index (χ0) is 21.6. The van der Waals surface area contributed by atoms with Gasteiger partial charge in [-0.3, -0.25) is 4.79 Å². The average molecular weight is 431 g/mol. The van der Waals surface area contributed by atoms with Crippen LogP contribution in [0.25, 0.3) is 10.9 Å². The van der Waals surface area contributed by atoms with Gasteiger partial charge in [0.2, 0.25) is 0 Å². The zero-order valence-corrected chi connectivity index (χ0v) is 16.3. The number of fused-ring (bicyclic) bond motifs is 1. The van der Waals surface area contributed by atoms with E-state index in [1.54, 1.807) is 6.07 Å². The third kappa shape index (κ3) is 6.97. The van der Waals surface area contributed by atoms with Crippen molar-refractivity contribution >= 4 is 34.3 Å². The molecule has 0 aliphatic heterocycles. The number of carbonyl (C=O) groups is 2. The lowest BCUT2D eigenvalue weighted by Crippen LogP contribution is -2.23. The number of nitrogens with two attached hydrogens (primary N) is 1. The van der Waals surface area contributed by atoms with Crippen LogP contribution < -0.4 is 5.73 Å². The first kappa shape index (κ1) is 23.1. The number of Topliss-reactive ketones (excluding diaryl/α,β-unsaturated/α-hetero) is 1. The number of benzene rings is 1. The third-order valence-corrected chi connectivity index (χ3v) is 5.19. The van der Waals surface area contributed by atoms with Crippen LogP contribution in [0.3, 0.4) is 0 Å². The third-order valence-electron chi connectivity index (χ3n) is 4.95. The molecule has 3 rings (SSSR count). The summed E-state index contributed by atoms with van der Waals surface area (Å²) in [4.78, 5) is 25.8. The van der Waals surface area contributed by atoms with Gasteiger partial charge in [-0.2, -0.15) is 13.2 Å². The molecule has 0 unspecified atom stereocenters. The number of hydrogen-bond donors (Lipinski definition) is 2. The van der Waals surface area contributed by atoms with Gasteiger partial charge in [-0.25, -0.2) is 9.78 Å². The van der Waals surface area contributed by atoms with Crippen LogP contribution in [0.5, 0.6) is 0 Å². The molecule has 1 aromatic heterocycles. The predicted molar refractivity (Wildman–Crippen MR) is 104 cm³/mol. The number of alkyl halides is 3. The smallest absolute Gasteiger partial charge is 0.475 e. The standard InChI is InChI=1S/C18H21ClN2O.C2HF3O2/c19-15-6-8-16-14(10-15)5-7-17(21-16)18(22)9-12-1-3-13(11-20)4-2-12;3-2(4,5)1(6)7/h5-8,10,12-13H,1-4,9,11,20H2;(H,6,7). The molecular formula is C20H22ClF3N2O3. The van der Waals surface area contributed by atoms with E-state index in [2.05, 4.69) is 4.98 Å². The van der Waals surface area contributed by atoms with Gasteiger partial charge in [-0.1, -0.05) is 17.7 Å². The van der Waals surface area contributed by atoms with Crippen LogP contribution in [0, 0.1) is 11.8 Å². The van der Waals surface area contributed by atoms with Crippen molar-refractivity contribution in [1.29, 1.82) is 0 Å². The molecule has 5 nitrogen and oxygen atoms in total.